The molecule has 1 aliphatic heterocycles. The summed E-state index contributed by atoms with van der Waals surface area (Å²) in [6.45, 7) is 4.43. The Hall–Kier alpha value is -0.660. The number of benzene rings is 1. The molecule has 0 unspecified atom stereocenters. The van der Waals surface area contributed by atoms with Gasteiger partial charge in [0.05, 0.1) is 0 Å². The van der Waals surface area contributed by atoms with E-state index in [9.17, 15) is 9.59 Å². The Labute approximate surface area is 145 Å². The number of ketones is 1. The van der Waals surface area contributed by atoms with Crippen molar-refractivity contribution in [2.45, 2.75) is 25.8 Å². The van der Waals surface area contributed by atoms with Crippen molar-refractivity contribution in [2.24, 2.45) is 0 Å². The second kappa shape index (κ2) is 8.70. The number of rotatable bonds is 4. The summed E-state index contributed by atoms with van der Waals surface area (Å²) in [6.07, 6.45) is 0.589. The van der Waals surface area contributed by atoms with Crippen molar-refractivity contribution in [2.75, 3.05) is 19.6 Å². The number of carbonyl (C=O) groups is 2. The van der Waals surface area contributed by atoms with Crippen LogP contribution in [0.1, 0.15) is 30.1 Å². The van der Waals surface area contributed by atoms with Crippen LogP contribution in [0, 0.1) is 3.57 Å². The molecule has 1 N–H and O–H groups in total. The van der Waals surface area contributed by atoms with Gasteiger partial charge >= 0.3 is 0 Å². The normalized spacial score (nSPS) is 18.0. The van der Waals surface area contributed by atoms with Crippen LogP contribution in [0.15, 0.2) is 24.3 Å². The number of piperazine rings is 1. The Kier molecular flexibility index (Phi) is 7.62. The average Bonchev–Trinajstić information content (AvgIpc) is 2.45. The molecule has 1 atom stereocenters. The highest BCUT2D eigenvalue weighted by Crippen LogP contribution is 2.12. The van der Waals surface area contributed by atoms with Crippen LogP contribution >= 0.6 is 35.0 Å². The van der Waals surface area contributed by atoms with Crippen molar-refractivity contribution >= 4 is 46.7 Å². The van der Waals surface area contributed by atoms with Gasteiger partial charge in [-0.15, -0.1) is 12.4 Å². The third-order valence-corrected chi connectivity index (χ3v) is 4.27. The highest BCUT2D eigenvalue weighted by atomic mass is 127. The van der Waals surface area contributed by atoms with Crippen molar-refractivity contribution in [1.82, 2.24) is 10.2 Å². The van der Waals surface area contributed by atoms with Gasteiger partial charge in [-0.05, 0) is 41.6 Å². The number of Topliss-reactive ketones (excluding diaryl/α,β-unsaturated/α-hetero) is 1. The molecule has 0 spiro atoms. The first kappa shape index (κ1) is 18.4. The molecule has 0 aliphatic carbocycles. The summed E-state index contributed by atoms with van der Waals surface area (Å²) in [6, 6.07) is 7.68. The Morgan fingerprint density at radius 3 is 2.57 bits per heavy atom. The van der Waals surface area contributed by atoms with E-state index in [1.165, 1.54) is 0 Å². The van der Waals surface area contributed by atoms with E-state index in [1.54, 1.807) is 0 Å². The van der Waals surface area contributed by atoms with Crippen LogP contribution in [0.25, 0.3) is 0 Å². The van der Waals surface area contributed by atoms with E-state index in [1.807, 2.05) is 36.1 Å². The molecule has 0 saturated carbocycles. The highest BCUT2D eigenvalue weighted by molar-refractivity contribution is 14.1. The minimum absolute atomic E-state index is 0. The third-order valence-electron chi connectivity index (χ3n) is 3.55. The second-order valence-corrected chi connectivity index (χ2v) is 6.32. The topological polar surface area (TPSA) is 49.4 Å². The lowest BCUT2D eigenvalue weighted by Crippen LogP contribution is -2.52. The fraction of sp³-hybridized carbons (Fsp3) is 0.467. The molecule has 4 nitrogen and oxygen atoms in total. The van der Waals surface area contributed by atoms with E-state index in [0.29, 0.717) is 12.0 Å². The molecule has 1 amide bonds. The van der Waals surface area contributed by atoms with Gasteiger partial charge < -0.3 is 10.2 Å². The van der Waals surface area contributed by atoms with Gasteiger partial charge in [0.2, 0.25) is 5.91 Å². The van der Waals surface area contributed by atoms with Crippen LogP contribution in [0.4, 0.5) is 0 Å². The van der Waals surface area contributed by atoms with E-state index < -0.39 is 0 Å². The highest BCUT2D eigenvalue weighted by Gasteiger charge is 2.23. The molecule has 2 rings (SSSR count). The minimum Gasteiger partial charge on any atom is -0.337 e. The van der Waals surface area contributed by atoms with Crippen LogP contribution < -0.4 is 5.32 Å². The van der Waals surface area contributed by atoms with Gasteiger partial charge in [0.25, 0.3) is 0 Å². The maximum atomic E-state index is 12.1. The predicted molar refractivity (Wildman–Crippen MR) is 94.0 cm³/mol. The van der Waals surface area contributed by atoms with E-state index in [-0.39, 0.29) is 36.6 Å². The van der Waals surface area contributed by atoms with Crippen molar-refractivity contribution in [3.63, 3.8) is 0 Å². The number of nitrogens with one attached hydrogen (secondary N) is 1. The quantitative estimate of drug-likeness (QED) is 0.599. The lowest BCUT2D eigenvalue weighted by Gasteiger charge is -2.34. The molecular formula is C15H20ClIN2O2. The van der Waals surface area contributed by atoms with Gasteiger partial charge in [0, 0.05) is 47.7 Å². The number of halogens is 2. The molecular weight excluding hydrogens is 403 g/mol. The van der Waals surface area contributed by atoms with Crippen molar-refractivity contribution in [3.05, 3.63) is 33.4 Å². The molecule has 1 fully saturated rings. The lowest BCUT2D eigenvalue weighted by molar-refractivity contribution is -0.133. The molecule has 1 aromatic rings. The third kappa shape index (κ3) is 5.23. The summed E-state index contributed by atoms with van der Waals surface area (Å²) in [5.41, 5.74) is 0.687. The van der Waals surface area contributed by atoms with Gasteiger partial charge in [-0.3, -0.25) is 9.59 Å². The smallest absolute Gasteiger partial charge is 0.223 e. The number of carbonyl (C=O) groups excluding carboxylic acids is 2. The van der Waals surface area contributed by atoms with Gasteiger partial charge in [-0.25, -0.2) is 0 Å². The second-order valence-electron chi connectivity index (χ2n) is 5.07. The van der Waals surface area contributed by atoms with Crippen LogP contribution in [-0.2, 0) is 4.79 Å². The Morgan fingerprint density at radius 1 is 1.29 bits per heavy atom. The van der Waals surface area contributed by atoms with Crippen LogP contribution in [-0.4, -0.2) is 42.3 Å². The molecule has 0 aromatic heterocycles. The summed E-state index contributed by atoms with van der Waals surface area (Å²) in [7, 11) is 0. The summed E-state index contributed by atoms with van der Waals surface area (Å²) >= 11 is 2.21. The van der Waals surface area contributed by atoms with E-state index in [0.717, 1.165) is 23.2 Å². The molecule has 1 saturated heterocycles. The fourth-order valence-electron chi connectivity index (χ4n) is 2.36. The number of amides is 1. The molecule has 21 heavy (non-hydrogen) atoms. The van der Waals surface area contributed by atoms with Gasteiger partial charge in [-0.1, -0.05) is 12.1 Å². The first-order chi connectivity index (χ1) is 9.58. The zero-order valence-electron chi connectivity index (χ0n) is 12.0. The minimum atomic E-state index is 0. The van der Waals surface area contributed by atoms with E-state index >= 15 is 0 Å². The van der Waals surface area contributed by atoms with Crippen molar-refractivity contribution in [1.29, 1.82) is 0 Å². The standard InChI is InChI=1S/C15H19IN2O2.ClH/c1-11-10-17-8-9-18(11)15(20)7-6-14(19)12-2-4-13(16)5-3-12;/h2-5,11,17H,6-10H2,1H3;1H/t11-;/m1./s1. The van der Waals surface area contributed by atoms with Crippen LogP contribution in [0.2, 0.25) is 0 Å². The number of nitrogens with zero attached hydrogens (tertiary/aromatic N) is 1. The molecule has 116 valence electrons. The molecule has 6 heteroatoms. The number of hydrogen-bond acceptors (Lipinski definition) is 3. The van der Waals surface area contributed by atoms with E-state index in [4.69, 9.17) is 0 Å². The average molecular weight is 423 g/mol. The molecule has 1 aromatic carbocycles. The lowest BCUT2D eigenvalue weighted by atomic mass is 10.1. The monoisotopic (exact) mass is 422 g/mol. The Balaban J connectivity index is 0.00000220. The Morgan fingerprint density at radius 2 is 1.95 bits per heavy atom. The largest absolute Gasteiger partial charge is 0.337 e. The van der Waals surface area contributed by atoms with Crippen LogP contribution in [0.5, 0.6) is 0 Å². The van der Waals surface area contributed by atoms with Crippen molar-refractivity contribution < 1.29 is 9.59 Å². The van der Waals surface area contributed by atoms with Gasteiger partial charge in [0.1, 0.15) is 0 Å². The predicted octanol–water partition coefficient (Wildman–Crippen LogP) is 2.50. The van der Waals surface area contributed by atoms with Gasteiger partial charge in [0.15, 0.2) is 5.78 Å². The number of hydrogen-bond donors (Lipinski definition) is 1. The summed E-state index contributed by atoms with van der Waals surface area (Å²) < 4.78 is 1.10. The first-order valence-corrected chi connectivity index (χ1v) is 7.95. The molecule has 1 aliphatic rings. The SMILES string of the molecule is C[C@@H]1CNCCN1C(=O)CCC(=O)c1ccc(I)cc1.Cl. The summed E-state index contributed by atoms with van der Waals surface area (Å²) in [4.78, 5) is 26.1. The molecule has 0 radical (unpaired) electrons. The summed E-state index contributed by atoms with van der Waals surface area (Å²) in [5.74, 6) is 0.121. The maximum absolute atomic E-state index is 12.1. The summed E-state index contributed by atoms with van der Waals surface area (Å²) in [5, 5.41) is 3.25. The van der Waals surface area contributed by atoms with E-state index in [2.05, 4.69) is 27.9 Å². The zero-order valence-corrected chi connectivity index (χ0v) is 14.9. The van der Waals surface area contributed by atoms with Gasteiger partial charge in [-0.2, -0.15) is 0 Å². The zero-order chi connectivity index (χ0) is 14.5. The fourth-order valence-corrected chi connectivity index (χ4v) is 2.72. The molecule has 1 heterocycles. The van der Waals surface area contributed by atoms with Crippen molar-refractivity contribution in [3.8, 4) is 0 Å². The van der Waals surface area contributed by atoms with Crippen LogP contribution in [0.3, 0.4) is 0 Å². The molecule has 0 bridgehead atoms. The maximum Gasteiger partial charge on any atom is 0.223 e. The Bertz CT molecular complexity index is 493. The first-order valence-electron chi connectivity index (χ1n) is 6.87.